The number of thiol groups is 1. The zero-order chi connectivity index (χ0) is 13.9. The molecule has 102 valence electrons. The molecule has 0 bridgehead atoms. The molecule has 0 aliphatic carbocycles. The summed E-state index contributed by atoms with van der Waals surface area (Å²) in [5.74, 6) is 2.29. The molecule has 0 amide bonds. The van der Waals surface area contributed by atoms with Crippen LogP contribution in [0.5, 0.6) is 0 Å². The molecule has 3 aromatic rings. The number of fused-ring (bicyclic) bond motifs is 1. The maximum absolute atomic E-state index is 4.63. The number of nitrogens with zero attached hydrogens (tertiary/aromatic N) is 2. The minimum absolute atomic E-state index is 0.399. The van der Waals surface area contributed by atoms with Gasteiger partial charge < -0.3 is 4.57 Å². The third-order valence-corrected chi connectivity index (χ3v) is 4.18. The van der Waals surface area contributed by atoms with Gasteiger partial charge in [0, 0.05) is 12.5 Å². The van der Waals surface area contributed by atoms with Gasteiger partial charge in [-0.05, 0) is 30.4 Å². The molecule has 0 spiro atoms. The first-order valence-corrected chi connectivity index (χ1v) is 7.50. The van der Waals surface area contributed by atoms with E-state index in [0.29, 0.717) is 5.92 Å². The first kappa shape index (κ1) is 13.3. The van der Waals surface area contributed by atoms with Gasteiger partial charge in [-0.15, -0.1) is 0 Å². The first-order valence-electron chi connectivity index (χ1n) is 6.87. The Labute approximate surface area is 124 Å². The zero-order valence-corrected chi connectivity index (χ0v) is 12.4. The summed E-state index contributed by atoms with van der Waals surface area (Å²) in [5.41, 5.74) is 3.60. The lowest BCUT2D eigenvalue weighted by Gasteiger charge is -2.17. The van der Waals surface area contributed by atoms with Gasteiger partial charge in [-0.25, -0.2) is 4.98 Å². The predicted octanol–water partition coefficient (Wildman–Crippen LogP) is 4.06. The number of imidazole rings is 1. The predicted molar refractivity (Wildman–Crippen MR) is 87.5 cm³/mol. The summed E-state index contributed by atoms with van der Waals surface area (Å²) in [5, 5.41) is 0. The van der Waals surface area contributed by atoms with Crippen LogP contribution < -0.4 is 0 Å². The van der Waals surface area contributed by atoms with Crippen LogP contribution in [0.1, 0.15) is 17.3 Å². The van der Waals surface area contributed by atoms with E-state index in [1.165, 1.54) is 11.1 Å². The highest BCUT2D eigenvalue weighted by molar-refractivity contribution is 7.80. The Morgan fingerprint density at radius 3 is 2.50 bits per heavy atom. The van der Waals surface area contributed by atoms with Crippen molar-refractivity contribution in [1.82, 2.24) is 9.55 Å². The molecule has 2 nitrogen and oxygen atoms in total. The molecule has 0 aliphatic heterocycles. The van der Waals surface area contributed by atoms with Crippen LogP contribution in [0.15, 0.2) is 54.6 Å². The van der Waals surface area contributed by atoms with Crippen molar-refractivity contribution >= 4 is 23.7 Å². The summed E-state index contributed by atoms with van der Waals surface area (Å²) in [6, 6.07) is 18.9. The summed E-state index contributed by atoms with van der Waals surface area (Å²) in [7, 11) is 0. The fourth-order valence-corrected chi connectivity index (χ4v) is 2.97. The molecule has 3 rings (SSSR count). The average Bonchev–Trinajstić information content (AvgIpc) is 2.81. The van der Waals surface area contributed by atoms with Gasteiger partial charge in [-0.1, -0.05) is 42.5 Å². The Hall–Kier alpha value is -1.74. The van der Waals surface area contributed by atoms with Gasteiger partial charge in [0.2, 0.25) is 0 Å². The van der Waals surface area contributed by atoms with E-state index in [4.69, 9.17) is 0 Å². The van der Waals surface area contributed by atoms with Gasteiger partial charge in [0.1, 0.15) is 5.82 Å². The molecule has 1 heterocycles. The van der Waals surface area contributed by atoms with Crippen molar-refractivity contribution in [1.29, 1.82) is 0 Å². The van der Waals surface area contributed by atoms with Crippen molar-refractivity contribution in [2.75, 3.05) is 5.75 Å². The second kappa shape index (κ2) is 5.71. The van der Waals surface area contributed by atoms with E-state index in [1.54, 1.807) is 0 Å². The molecule has 0 aliphatic rings. The number of rotatable bonds is 4. The largest absolute Gasteiger partial charge is 0.328 e. The molecule has 3 heteroatoms. The van der Waals surface area contributed by atoms with Crippen molar-refractivity contribution in [2.45, 2.75) is 19.4 Å². The lowest BCUT2D eigenvalue weighted by atomic mass is 10.0. The Kier molecular flexibility index (Phi) is 3.79. The molecule has 1 atom stereocenters. The summed E-state index contributed by atoms with van der Waals surface area (Å²) in [6.07, 6.45) is 0. The third kappa shape index (κ3) is 2.46. The van der Waals surface area contributed by atoms with Gasteiger partial charge in [-0.3, -0.25) is 0 Å². The number of aryl methyl sites for hydroxylation is 1. The van der Waals surface area contributed by atoms with Crippen LogP contribution in [0.4, 0.5) is 0 Å². The van der Waals surface area contributed by atoms with Gasteiger partial charge in [-0.2, -0.15) is 12.6 Å². The third-order valence-electron chi connectivity index (χ3n) is 3.74. The maximum atomic E-state index is 4.63. The van der Waals surface area contributed by atoms with Gasteiger partial charge in [0.15, 0.2) is 0 Å². The van der Waals surface area contributed by atoms with E-state index in [0.717, 1.165) is 23.6 Å². The average molecular weight is 282 g/mol. The van der Waals surface area contributed by atoms with Gasteiger partial charge in [0.25, 0.3) is 0 Å². The molecule has 0 N–H and O–H groups in total. The van der Waals surface area contributed by atoms with Crippen LogP contribution >= 0.6 is 12.6 Å². The number of aromatic nitrogens is 2. The quantitative estimate of drug-likeness (QED) is 0.715. The Morgan fingerprint density at radius 2 is 1.75 bits per heavy atom. The smallest absolute Gasteiger partial charge is 0.106 e. The zero-order valence-electron chi connectivity index (χ0n) is 11.5. The summed E-state index contributed by atoms with van der Waals surface area (Å²) >= 11 is 4.53. The molecule has 1 unspecified atom stereocenters. The lowest BCUT2D eigenvalue weighted by Crippen LogP contribution is -2.12. The highest BCUT2D eigenvalue weighted by Crippen LogP contribution is 2.23. The fourth-order valence-electron chi connectivity index (χ4n) is 2.64. The van der Waals surface area contributed by atoms with Gasteiger partial charge in [0.05, 0.1) is 11.0 Å². The molecule has 2 aromatic carbocycles. The van der Waals surface area contributed by atoms with E-state index in [2.05, 4.69) is 77.6 Å². The summed E-state index contributed by atoms with van der Waals surface area (Å²) in [6.45, 7) is 2.99. The van der Waals surface area contributed by atoms with E-state index >= 15 is 0 Å². The van der Waals surface area contributed by atoms with Crippen LogP contribution in [-0.2, 0) is 6.54 Å². The summed E-state index contributed by atoms with van der Waals surface area (Å²) in [4.78, 5) is 4.63. The van der Waals surface area contributed by atoms with Crippen LogP contribution in [0.3, 0.4) is 0 Å². The molecular weight excluding hydrogens is 264 g/mol. The molecule has 0 saturated carbocycles. The van der Waals surface area contributed by atoms with E-state index in [9.17, 15) is 0 Å². The topological polar surface area (TPSA) is 17.8 Å². The fraction of sp³-hybridized carbons (Fsp3) is 0.235. The molecule has 1 aromatic heterocycles. The number of para-hydroxylation sites is 2. The monoisotopic (exact) mass is 282 g/mol. The van der Waals surface area contributed by atoms with E-state index < -0.39 is 0 Å². The second-order valence-corrected chi connectivity index (χ2v) is 5.41. The Balaban J connectivity index is 1.97. The van der Waals surface area contributed by atoms with Crippen LogP contribution in [0.25, 0.3) is 11.0 Å². The van der Waals surface area contributed by atoms with Crippen LogP contribution in [0, 0.1) is 6.92 Å². The molecule has 0 fully saturated rings. The molecule has 0 saturated heterocycles. The standard InChI is InChI=1S/C17H18N2S/c1-13-18-16-9-5-6-10-17(16)19(13)11-15(12-20)14-7-3-2-4-8-14/h2-10,15,20H,11-12H2,1H3. The normalized spacial score (nSPS) is 12.7. The highest BCUT2D eigenvalue weighted by atomic mass is 32.1. The maximum Gasteiger partial charge on any atom is 0.106 e. The number of benzene rings is 2. The van der Waals surface area contributed by atoms with Crippen molar-refractivity contribution in [2.24, 2.45) is 0 Å². The van der Waals surface area contributed by atoms with Crippen molar-refractivity contribution < 1.29 is 0 Å². The van der Waals surface area contributed by atoms with Crippen LogP contribution in [0.2, 0.25) is 0 Å². The first-order chi connectivity index (χ1) is 9.79. The molecular formula is C17H18N2S. The minimum Gasteiger partial charge on any atom is -0.328 e. The van der Waals surface area contributed by atoms with Crippen molar-refractivity contribution in [3.63, 3.8) is 0 Å². The van der Waals surface area contributed by atoms with Gasteiger partial charge >= 0.3 is 0 Å². The van der Waals surface area contributed by atoms with E-state index in [1.807, 2.05) is 6.07 Å². The van der Waals surface area contributed by atoms with E-state index in [-0.39, 0.29) is 0 Å². The van der Waals surface area contributed by atoms with Crippen molar-refractivity contribution in [3.05, 3.63) is 66.0 Å². The molecule has 0 radical (unpaired) electrons. The minimum atomic E-state index is 0.399. The Morgan fingerprint density at radius 1 is 1.05 bits per heavy atom. The van der Waals surface area contributed by atoms with Crippen LogP contribution in [-0.4, -0.2) is 15.3 Å². The number of hydrogen-bond acceptors (Lipinski definition) is 2. The highest BCUT2D eigenvalue weighted by Gasteiger charge is 2.14. The Bertz CT molecular complexity index is 703. The SMILES string of the molecule is Cc1nc2ccccc2n1CC(CS)c1ccccc1. The summed E-state index contributed by atoms with van der Waals surface area (Å²) < 4.78 is 2.29. The number of hydrogen-bond donors (Lipinski definition) is 1. The second-order valence-electron chi connectivity index (χ2n) is 5.05. The molecule has 20 heavy (non-hydrogen) atoms. The van der Waals surface area contributed by atoms with Crippen molar-refractivity contribution in [3.8, 4) is 0 Å². The lowest BCUT2D eigenvalue weighted by molar-refractivity contribution is 0.604.